The second-order valence-corrected chi connectivity index (χ2v) is 6.32. The van der Waals surface area contributed by atoms with Gasteiger partial charge in [0.15, 0.2) is 0 Å². The molecule has 0 spiro atoms. The van der Waals surface area contributed by atoms with Gasteiger partial charge in [-0.25, -0.2) is 4.79 Å². The fraction of sp³-hybridized carbons (Fsp3) is 0.500. The zero-order valence-corrected chi connectivity index (χ0v) is 12.1. The third-order valence-corrected chi connectivity index (χ3v) is 4.56. The van der Waals surface area contributed by atoms with E-state index in [1.54, 1.807) is 24.3 Å². The zero-order chi connectivity index (χ0) is 14.4. The molecule has 5 nitrogen and oxygen atoms in total. The van der Waals surface area contributed by atoms with Gasteiger partial charge in [0.2, 0.25) is 0 Å². The van der Waals surface area contributed by atoms with Crippen molar-refractivity contribution in [3.05, 3.63) is 35.4 Å². The average Bonchev–Trinajstić information content (AvgIpc) is 2.47. The summed E-state index contributed by atoms with van der Waals surface area (Å²) in [4.78, 5) is 13.0. The summed E-state index contributed by atoms with van der Waals surface area (Å²) < 4.78 is 17.3. The zero-order valence-electron chi connectivity index (χ0n) is 11.3. The van der Waals surface area contributed by atoms with E-state index in [2.05, 4.69) is 4.90 Å². The first-order valence-electron chi connectivity index (χ1n) is 6.62. The lowest BCUT2D eigenvalue weighted by Crippen LogP contribution is -2.38. The molecule has 6 heteroatoms. The van der Waals surface area contributed by atoms with Crippen LogP contribution in [0.4, 0.5) is 0 Å². The molecule has 1 aromatic rings. The number of hydrogen-bond acceptors (Lipinski definition) is 4. The van der Waals surface area contributed by atoms with E-state index in [1.807, 2.05) is 0 Å². The van der Waals surface area contributed by atoms with Crippen LogP contribution >= 0.6 is 0 Å². The average molecular weight is 297 g/mol. The molecule has 1 N–H and O–H groups in total. The van der Waals surface area contributed by atoms with E-state index in [4.69, 9.17) is 9.84 Å². The fourth-order valence-electron chi connectivity index (χ4n) is 2.06. The molecule has 0 saturated carbocycles. The van der Waals surface area contributed by atoms with Crippen molar-refractivity contribution in [2.45, 2.75) is 5.75 Å². The monoisotopic (exact) mass is 297 g/mol. The number of nitrogens with zero attached hydrogens (tertiary/aromatic N) is 1. The lowest BCUT2D eigenvalue weighted by atomic mass is 10.1. The molecule has 0 bridgehead atoms. The van der Waals surface area contributed by atoms with Crippen molar-refractivity contribution in [3.63, 3.8) is 0 Å². The first-order chi connectivity index (χ1) is 9.65. The summed E-state index contributed by atoms with van der Waals surface area (Å²) in [6.07, 6.45) is 0. The third kappa shape index (κ3) is 4.70. The Morgan fingerprint density at radius 3 is 2.50 bits per heavy atom. The number of carboxylic acid groups (broad SMARTS) is 1. The van der Waals surface area contributed by atoms with Crippen molar-refractivity contribution in [2.24, 2.45) is 0 Å². The van der Waals surface area contributed by atoms with Crippen molar-refractivity contribution >= 4 is 16.8 Å². The molecule has 20 heavy (non-hydrogen) atoms. The van der Waals surface area contributed by atoms with Gasteiger partial charge in [-0.05, 0) is 17.7 Å². The van der Waals surface area contributed by atoms with Crippen LogP contribution in [0.2, 0.25) is 0 Å². The van der Waals surface area contributed by atoms with Crippen molar-refractivity contribution < 1.29 is 18.8 Å². The minimum Gasteiger partial charge on any atom is -0.478 e. The minimum atomic E-state index is -0.940. The molecule has 0 amide bonds. The molecular formula is C14H19NO4S. The molecule has 1 atom stereocenters. The lowest BCUT2D eigenvalue weighted by molar-refractivity contribution is 0.0409. The molecule has 1 aliphatic heterocycles. The molecule has 110 valence electrons. The number of aromatic carboxylic acids is 1. The smallest absolute Gasteiger partial charge is 0.335 e. The van der Waals surface area contributed by atoms with Crippen LogP contribution in [0, 0.1) is 0 Å². The second kappa shape index (κ2) is 7.52. The highest BCUT2D eigenvalue weighted by Crippen LogP contribution is 2.08. The van der Waals surface area contributed by atoms with Crippen LogP contribution in [-0.2, 0) is 21.3 Å². The molecule has 0 aliphatic carbocycles. The van der Waals surface area contributed by atoms with Gasteiger partial charge in [0.25, 0.3) is 0 Å². The van der Waals surface area contributed by atoms with Gasteiger partial charge in [0, 0.05) is 41.9 Å². The Kier molecular flexibility index (Phi) is 5.70. The summed E-state index contributed by atoms with van der Waals surface area (Å²) in [5.41, 5.74) is 1.17. The Balaban J connectivity index is 1.77. The van der Waals surface area contributed by atoms with E-state index in [-0.39, 0.29) is 5.56 Å². The quantitative estimate of drug-likeness (QED) is 0.847. The van der Waals surface area contributed by atoms with Crippen molar-refractivity contribution in [3.8, 4) is 0 Å². The van der Waals surface area contributed by atoms with Crippen molar-refractivity contribution in [1.82, 2.24) is 4.90 Å². The Bertz CT molecular complexity index is 469. The Morgan fingerprint density at radius 2 is 1.90 bits per heavy atom. The van der Waals surface area contributed by atoms with E-state index in [1.165, 1.54) is 0 Å². The van der Waals surface area contributed by atoms with Crippen molar-refractivity contribution in [1.29, 1.82) is 0 Å². The lowest BCUT2D eigenvalue weighted by Gasteiger charge is -2.26. The van der Waals surface area contributed by atoms with Gasteiger partial charge in [-0.15, -0.1) is 0 Å². The van der Waals surface area contributed by atoms with E-state index in [9.17, 15) is 9.00 Å². The maximum absolute atomic E-state index is 12.0. The Labute approximate surface area is 121 Å². The number of benzene rings is 1. The standard InChI is InChI=1S/C14H19NO4S/c16-14(17)13-3-1-12(2-4-13)11-20(18)10-7-15-5-8-19-9-6-15/h1-4H,5-11H2,(H,16,17). The van der Waals surface area contributed by atoms with E-state index in [0.29, 0.717) is 11.5 Å². The van der Waals surface area contributed by atoms with Crippen LogP contribution in [0.5, 0.6) is 0 Å². The number of carboxylic acids is 1. The summed E-state index contributed by atoms with van der Waals surface area (Å²) in [7, 11) is -0.920. The molecular weight excluding hydrogens is 278 g/mol. The van der Waals surface area contributed by atoms with Gasteiger partial charge in [-0.1, -0.05) is 12.1 Å². The highest BCUT2D eigenvalue weighted by molar-refractivity contribution is 7.84. The molecule has 1 unspecified atom stereocenters. The summed E-state index contributed by atoms with van der Waals surface area (Å²) >= 11 is 0. The van der Waals surface area contributed by atoms with Crippen molar-refractivity contribution in [2.75, 3.05) is 38.6 Å². The maximum Gasteiger partial charge on any atom is 0.335 e. The Morgan fingerprint density at radius 1 is 1.25 bits per heavy atom. The molecule has 1 aromatic carbocycles. The molecule has 1 heterocycles. The van der Waals surface area contributed by atoms with Gasteiger partial charge in [-0.2, -0.15) is 0 Å². The predicted octanol–water partition coefficient (Wildman–Crippen LogP) is 0.966. The fourth-order valence-corrected chi connectivity index (χ4v) is 3.23. The number of carbonyl (C=O) groups is 1. The van der Waals surface area contributed by atoms with E-state index < -0.39 is 16.8 Å². The number of morpholine rings is 1. The number of ether oxygens (including phenoxy) is 1. The largest absolute Gasteiger partial charge is 0.478 e. The molecule has 1 saturated heterocycles. The maximum atomic E-state index is 12.0. The SMILES string of the molecule is O=C(O)c1ccc(CS(=O)CCN2CCOCC2)cc1. The third-order valence-electron chi connectivity index (χ3n) is 3.27. The highest BCUT2D eigenvalue weighted by Gasteiger charge is 2.11. The summed E-state index contributed by atoms with van der Waals surface area (Å²) in [6.45, 7) is 4.14. The molecule has 1 fully saturated rings. The summed E-state index contributed by atoms with van der Waals surface area (Å²) in [5, 5.41) is 8.81. The molecule has 0 aromatic heterocycles. The number of hydrogen-bond donors (Lipinski definition) is 1. The molecule has 0 radical (unpaired) electrons. The van der Waals surface area contributed by atoms with Crippen LogP contribution in [0.25, 0.3) is 0 Å². The molecule has 2 rings (SSSR count). The second-order valence-electron chi connectivity index (χ2n) is 4.74. The first kappa shape index (κ1) is 15.2. The first-order valence-corrected chi connectivity index (χ1v) is 8.11. The normalized spacial score (nSPS) is 17.8. The number of rotatable bonds is 6. The van der Waals surface area contributed by atoms with Gasteiger partial charge in [-0.3, -0.25) is 9.11 Å². The van der Waals surface area contributed by atoms with Crippen LogP contribution in [-0.4, -0.2) is 58.8 Å². The molecule has 1 aliphatic rings. The summed E-state index contributed by atoms with van der Waals surface area (Å²) in [5.74, 6) is 0.176. The van der Waals surface area contributed by atoms with Crippen LogP contribution in [0.3, 0.4) is 0 Å². The summed E-state index contributed by atoms with van der Waals surface area (Å²) in [6, 6.07) is 6.57. The highest BCUT2D eigenvalue weighted by atomic mass is 32.2. The predicted molar refractivity (Wildman–Crippen MR) is 77.4 cm³/mol. The van der Waals surface area contributed by atoms with Gasteiger partial charge in [0.05, 0.1) is 18.8 Å². The van der Waals surface area contributed by atoms with Crippen LogP contribution in [0.15, 0.2) is 24.3 Å². The Hall–Kier alpha value is -1.24. The van der Waals surface area contributed by atoms with E-state index >= 15 is 0 Å². The van der Waals surface area contributed by atoms with E-state index in [0.717, 1.165) is 38.4 Å². The van der Waals surface area contributed by atoms with Crippen LogP contribution < -0.4 is 0 Å². The van der Waals surface area contributed by atoms with Gasteiger partial charge in [0.1, 0.15) is 0 Å². The van der Waals surface area contributed by atoms with Gasteiger partial charge < -0.3 is 9.84 Å². The topological polar surface area (TPSA) is 66.8 Å². The van der Waals surface area contributed by atoms with Crippen LogP contribution in [0.1, 0.15) is 15.9 Å². The van der Waals surface area contributed by atoms with Gasteiger partial charge >= 0.3 is 5.97 Å². The minimum absolute atomic E-state index is 0.257.